The smallest absolute Gasteiger partial charge is 0.241 e. The van der Waals surface area contributed by atoms with Crippen LogP contribution < -0.4 is 10.6 Å². The Bertz CT molecular complexity index is 456. The molecule has 0 unspecified atom stereocenters. The zero-order valence-corrected chi connectivity index (χ0v) is 10.4. The van der Waals surface area contributed by atoms with E-state index in [2.05, 4.69) is 0 Å². The summed E-state index contributed by atoms with van der Waals surface area (Å²) in [5, 5.41) is 0. The quantitative estimate of drug-likeness (QED) is 0.770. The van der Waals surface area contributed by atoms with Crippen LogP contribution in [0.15, 0.2) is 24.3 Å². The number of carbonyl (C=O) groups is 2. The first-order valence-electron chi connectivity index (χ1n) is 5.94. The van der Waals surface area contributed by atoms with E-state index in [0.29, 0.717) is 12.1 Å². The first-order chi connectivity index (χ1) is 8.61. The van der Waals surface area contributed by atoms with Crippen molar-refractivity contribution in [3.05, 3.63) is 29.8 Å². The monoisotopic (exact) mass is 247 g/mol. The van der Waals surface area contributed by atoms with E-state index in [1.165, 1.54) is 0 Å². The minimum atomic E-state index is -0.0731. The number of nitrogens with zero attached hydrogens (tertiary/aromatic N) is 2. The van der Waals surface area contributed by atoms with Gasteiger partial charge in [-0.2, -0.15) is 0 Å². The number of likely N-dealkylation sites (N-methyl/N-ethyl adjacent to an activating group) is 1. The Labute approximate surface area is 106 Å². The van der Waals surface area contributed by atoms with Gasteiger partial charge >= 0.3 is 0 Å². The molecular formula is C13H17N3O2. The Hall–Kier alpha value is -1.88. The maximum absolute atomic E-state index is 11.6. The average molecular weight is 247 g/mol. The molecule has 1 aliphatic rings. The molecule has 1 fully saturated rings. The summed E-state index contributed by atoms with van der Waals surface area (Å²) in [6, 6.07) is 7.24. The third-order valence-electron chi connectivity index (χ3n) is 3.20. The number of nitrogens with two attached hydrogens (primary N) is 1. The van der Waals surface area contributed by atoms with E-state index in [9.17, 15) is 9.59 Å². The molecule has 1 aliphatic heterocycles. The lowest BCUT2D eigenvalue weighted by molar-refractivity contribution is -0.129. The molecule has 5 nitrogen and oxygen atoms in total. The molecule has 1 aromatic carbocycles. The molecule has 0 bridgehead atoms. The van der Waals surface area contributed by atoms with Gasteiger partial charge in [-0.3, -0.25) is 9.59 Å². The highest BCUT2D eigenvalue weighted by atomic mass is 16.2. The van der Waals surface area contributed by atoms with Crippen molar-refractivity contribution in [3.63, 3.8) is 0 Å². The van der Waals surface area contributed by atoms with Crippen molar-refractivity contribution < 1.29 is 9.59 Å². The van der Waals surface area contributed by atoms with Gasteiger partial charge in [-0.15, -0.1) is 0 Å². The average Bonchev–Trinajstić information content (AvgIpc) is 2.41. The van der Waals surface area contributed by atoms with Gasteiger partial charge in [0.05, 0.1) is 13.1 Å². The van der Waals surface area contributed by atoms with E-state index in [1.54, 1.807) is 17.0 Å². The topological polar surface area (TPSA) is 66.6 Å². The van der Waals surface area contributed by atoms with E-state index >= 15 is 0 Å². The van der Waals surface area contributed by atoms with Crippen LogP contribution in [-0.4, -0.2) is 49.8 Å². The summed E-state index contributed by atoms with van der Waals surface area (Å²) in [4.78, 5) is 26.7. The lowest BCUT2D eigenvalue weighted by Crippen LogP contribution is -2.48. The SMILES string of the molecule is CN1CCN(c2ccc(C(=O)CN)cc2)CC1=O. The lowest BCUT2D eigenvalue weighted by atomic mass is 10.1. The van der Waals surface area contributed by atoms with E-state index in [0.717, 1.165) is 18.8 Å². The fourth-order valence-electron chi connectivity index (χ4n) is 1.95. The second-order valence-electron chi connectivity index (χ2n) is 4.41. The first-order valence-corrected chi connectivity index (χ1v) is 5.94. The highest BCUT2D eigenvalue weighted by Gasteiger charge is 2.21. The van der Waals surface area contributed by atoms with Crippen molar-refractivity contribution in [2.45, 2.75) is 0 Å². The minimum Gasteiger partial charge on any atom is -0.360 e. The van der Waals surface area contributed by atoms with Crippen LogP contribution in [-0.2, 0) is 4.79 Å². The molecule has 0 aromatic heterocycles. The number of piperazine rings is 1. The van der Waals surface area contributed by atoms with E-state index in [1.807, 2.05) is 24.1 Å². The van der Waals surface area contributed by atoms with Crippen LogP contribution in [0.4, 0.5) is 5.69 Å². The molecule has 0 aliphatic carbocycles. The summed E-state index contributed by atoms with van der Waals surface area (Å²) in [5.74, 6) is 0.0411. The molecule has 96 valence electrons. The van der Waals surface area contributed by atoms with Crippen molar-refractivity contribution in [1.29, 1.82) is 0 Å². The molecule has 1 amide bonds. The molecule has 1 saturated heterocycles. The van der Waals surface area contributed by atoms with Crippen LogP contribution in [0.2, 0.25) is 0 Å². The third-order valence-corrected chi connectivity index (χ3v) is 3.20. The molecule has 0 radical (unpaired) electrons. The summed E-state index contributed by atoms with van der Waals surface area (Å²) in [6.45, 7) is 1.95. The number of hydrogen-bond acceptors (Lipinski definition) is 4. The van der Waals surface area contributed by atoms with Gasteiger partial charge in [-0.1, -0.05) is 0 Å². The Kier molecular flexibility index (Phi) is 3.62. The fraction of sp³-hybridized carbons (Fsp3) is 0.385. The Morgan fingerprint density at radius 3 is 2.50 bits per heavy atom. The molecule has 1 aromatic rings. The number of amides is 1. The van der Waals surface area contributed by atoms with E-state index in [-0.39, 0.29) is 18.2 Å². The summed E-state index contributed by atoms with van der Waals surface area (Å²) in [6.07, 6.45) is 0. The summed E-state index contributed by atoms with van der Waals surface area (Å²) in [5.41, 5.74) is 6.88. The zero-order chi connectivity index (χ0) is 13.1. The van der Waals surface area contributed by atoms with Gasteiger partial charge in [-0.05, 0) is 24.3 Å². The Morgan fingerprint density at radius 1 is 1.28 bits per heavy atom. The van der Waals surface area contributed by atoms with Gasteiger partial charge in [-0.25, -0.2) is 0 Å². The van der Waals surface area contributed by atoms with Crippen molar-refractivity contribution in [1.82, 2.24) is 4.90 Å². The minimum absolute atomic E-state index is 0.0202. The van der Waals surface area contributed by atoms with Crippen LogP contribution in [0.1, 0.15) is 10.4 Å². The summed E-state index contributed by atoms with van der Waals surface area (Å²) < 4.78 is 0. The van der Waals surface area contributed by atoms with E-state index < -0.39 is 0 Å². The maximum atomic E-state index is 11.6. The van der Waals surface area contributed by atoms with Gasteiger partial charge in [0.15, 0.2) is 5.78 Å². The van der Waals surface area contributed by atoms with Crippen LogP contribution >= 0.6 is 0 Å². The van der Waals surface area contributed by atoms with Crippen molar-refractivity contribution >= 4 is 17.4 Å². The number of anilines is 1. The van der Waals surface area contributed by atoms with E-state index in [4.69, 9.17) is 5.73 Å². The molecule has 18 heavy (non-hydrogen) atoms. The predicted octanol–water partition coefficient (Wildman–Crippen LogP) is 0.106. The molecule has 1 heterocycles. The van der Waals surface area contributed by atoms with Crippen molar-refractivity contribution in [2.75, 3.05) is 38.1 Å². The standard InChI is InChI=1S/C13H17N3O2/c1-15-6-7-16(9-13(15)18)11-4-2-10(3-5-11)12(17)8-14/h2-5H,6-9,14H2,1H3. The number of hydrogen-bond donors (Lipinski definition) is 1. The second kappa shape index (κ2) is 5.18. The predicted molar refractivity (Wildman–Crippen MR) is 69.7 cm³/mol. The van der Waals surface area contributed by atoms with Crippen LogP contribution in [0.5, 0.6) is 0 Å². The lowest BCUT2D eigenvalue weighted by Gasteiger charge is -2.33. The largest absolute Gasteiger partial charge is 0.360 e. The van der Waals surface area contributed by atoms with Gasteiger partial charge in [0.25, 0.3) is 0 Å². The highest BCUT2D eigenvalue weighted by Crippen LogP contribution is 2.17. The number of benzene rings is 1. The number of carbonyl (C=O) groups excluding carboxylic acids is 2. The van der Waals surface area contributed by atoms with Crippen molar-refractivity contribution in [2.24, 2.45) is 5.73 Å². The number of ketones is 1. The molecule has 0 spiro atoms. The number of Topliss-reactive ketones (excluding diaryl/α,β-unsaturated/α-hetero) is 1. The first kappa shape index (κ1) is 12.6. The van der Waals surface area contributed by atoms with Gasteiger partial charge in [0, 0.05) is 31.4 Å². The van der Waals surface area contributed by atoms with Crippen LogP contribution in [0, 0.1) is 0 Å². The van der Waals surface area contributed by atoms with Crippen molar-refractivity contribution in [3.8, 4) is 0 Å². The second-order valence-corrected chi connectivity index (χ2v) is 4.41. The molecule has 2 rings (SSSR count). The zero-order valence-electron chi connectivity index (χ0n) is 10.4. The Balaban J connectivity index is 2.10. The van der Waals surface area contributed by atoms with Crippen LogP contribution in [0.25, 0.3) is 0 Å². The number of rotatable bonds is 3. The third kappa shape index (κ3) is 2.51. The Morgan fingerprint density at radius 2 is 1.94 bits per heavy atom. The van der Waals surface area contributed by atoms with Gasteiger partial charge in [0.2, 0.25) is 5.91 Å². The summed E-state index contributed by atoms with van der Waals surface area (Å²) in [7, 11) is 1.81. The fourth-order valence-corrected chi connectivity index (χ4v) is 1.95. The maximum Gasteiger partial charge on any atom is 0.241 e. The molecule has 0 saturated carbocycles. The molecule has 2 N–H and O–H groups in total. The van der Waals surface area contributed by atoms with Gasteiger partial charge in [0.1, 0.15) is 0 Å². The highest BCUT2D eigenvalue weighted by molar-refractivity contribution is 5.97. The van der Waals surface area contributed by atoms with Gasteiger partial charge < -0.3 is 15.5 Å². The molecular weight excluding hydrogens is 230 g/mol. The summed E-state index contributed by atoms with van der Waals surface area (Å²) >= 11 is 0. The normalized spacial score (nSPS) is 16.0. The molecule has 0 atom stereocenters. The molecule has 5 heteroatoms. The van der Waals surface area contributed by atoms with Crippen LogP contribution in [0.3, 0.4) is 0 Å².